The van der Waals surface area contributed by atoms with Crippen molar-refractivity contribution >= 4 is 0 Å². The predicted octanol–water partition coefficient (Wildman–Crippen LogP) is 2.48. The molecule has 14 heavy (non-hydrogen) atoms. The second kappa shape index (κ2) is 5.13. The zero-order valence-corrected chi connectivity index (χ0v) is 9.50. The Labute approximate surface area is 87.3 Å². The maximum Gasteiger partial charge on any atom is 0.0700 e. The number of aliphatic hydroxyl groups is 2. The smallest absolute Gasteiger partial charge is 0.0700 e. The van der Waals surface area contributed by atoms with Gasteiger partial charge < -0.3 is 10.2 Å². The van der Waals surface area contributed by atoms with Crippen LogP contribution in [0.2, 0.25) is 0 Å². The summed E-state index contributed by atoms with van der Waals surface area (Å²) in [6.07, 6.45) is 6.82. The molecule has 2 N–H and O–H groups in total. The molecule has 1 saturated carbocycles. The highest BCUT2D eigenvalue weighted by atomic mass is 16.3. The van der Waals surface area contributed by atoms with Gasteiger partial charge in [-0.15, -0.1) is 0 Å². The van der Waals surface area contributed by atoms with Crippen LogP contribution < -0.4 is 0 Å². The van der Waals surface area contributed by atoms with Crippen LogP contribution in [0.4, 0.5) is 0 Å². The minimum absolute atomic E-state index is 0.0998. The average Bonchev–Trinajstić information content (AvgIpc) is 2.15. The van der Waals surface area contributed by atoms with Crippen molar-refractivity contribution in [1.82, 2.24) is 0 Å². The lowest BCUT2D eigenvalue weighted by Crippen LogP contribution is -2.45. The molecule has 0 saturated heterocycles. The second-order valence-corrected chi connectivity index (χ2v) is 4.80. The molecule has 2 nitrogen and oxygen atoms in total. The summed E-state index contributed by atoms with van der Waals surface area (Å²) >= 11 is 0. The van der Waals surface area contributed by atoms with E-state index >= 15 is 0 Å². The van der Waals surface area contributed by atoms with E-state index in [0.717, 1.165) is 44.9 Å². The van der Waals surface area contributed by atoms with Crippen LogP contribution in [-0.4, -0.2) is 21.9 Å². The van der Waals surface area contributed by atoms with E-state index in [1.165, 1.54) is 0 Å². The molecule has 0 aromatic rings. The fraction of sp³-hybridized carbons (Fsp3) is 1.00. The van der Waals surface area contributed by atoms with E-state index in [9.17, 15) is 10.2 Å². The van der Waals surface area contributed by atoms with Crippen LogP contribution >= 0.6 is 0 Å². The number of aliphatic hydroxyl groups excluding tert-OH is 1. The predicted molar refractivity (Wildman–Crippen MR) is 58.1 cm³/mol. The van der Waals surface area contributed by atoms with Crippen LogP contribution in [-0.2, 0) is 0 Å². The Morgan fingerprint density at radius 1 is 1.43 bits per heavy atom. The van der Waals surface area contributed by atoms with E-state index in [2.05, 4.69) is 6.92 Å². The third-order valence-electron chi connectivity index (χ3n) is 3.61. The molecule has 3 atom stereocenters. The Kier molecular flexibility index (Phi) is 4.39. The standard InChI is InChI=1S/C12H24O2/c1-3-4-8-12(14)9-6-5-7-11(12)10(2)13/h10-11,13-14H,3-9H2,1-2H3. The van der Waals surface area contributed by atoms with Gasteiger partial charge in [0.05, 0.1) is 11.7 Å². The molecule has 1 rings (SSSR count). The van der Waals surface area contributed by atoms with Gasteiger partial charge in [-0.25, -0.2) is 0 Å². The molecule has 2 heteroatoms. The lowest BCUT2D eigenvalue weighted by atomic mass is 9.70. The number of rotatable bonds is 4. The minimum Gasteiger partial charge on any atom is -0.393 e. The van der Waals surface area contributed by atoms with E-state index in [1.807, 2.05) is 6.92 Å². The minimum atomic E-state index is -0.581. The van der Waals surface area contributed by atoms with Crippen molar-refractivity contribution in [3.8, 4) is 0 Å². The summed E-state index contributed by atoms with van der Waals surface area (Å²) in [5.41, 5.74) is -0.581. The van der Waals surface area contributed by atoms with Crippen molar-refractivity contribution in [3.05, 3.63) is 0 Å². The van der Waals surface area contributed by atoms with Gasteiger partial charge in [-0.05, 0) is 26.2 Å². The molecule has 0 heterocycles. The first-order valence-corrected chi connectivity index (χ1v) is 6.00. The first kappa shape index (κ1) is 12.0. The molecular formula is C12H24O2. The van der Waals surface area contributed by atoms with Crippen molar-refractivity contribution < 1.29 is 10.2 Å². The van der Waals surface area contributed by atoms with Crippen LogP contribution in [0.5, 0.6) is 0 Å². The molecule has 84 valence electrons. The third-order valence-corrected chi connectivity index (χ3v) is 3.61. The molecule has 1 aliphatic carbocycles. The van der Waals surface area contributed by atoms with Crippen molar-refractivity contribution in [1.29, 1.82) is 0 Å². The van der Waals surface area contributed by atoms with Crippen LogP contribution in [0.3, 0.4) is 0 Å². The van der Waals surface area contributed by atoms with Gasteiger partial charge in [0, 0.05) is 5.92 Å². The summed E-state index contributed by atoms with van der Waals surface area (Å²) in [5, 5.41) is 20.1. The first-order valence-electron chi connectivity index (χ1n) is 6.00. The van der Waals surface area contributed by atoms with Gasteiger partial charge in [-0.1, -0.05) is 32.6 Å². The third kappa shape index (κ3) is 2.71. The zero-order valence-electron chi connectivity index (χ0n) is 9.50. The number of hydrogen-bond donors (Lipinski definition) is 2. The molecule has 0 aliphatic heterocycles. The zero-order chi connectivity index (χ0) is 10.6. The molecule has 1 fully saturated rings. The van der Waals surface area contributed by atoms with Crippen molar-refractivity contribution in [3.63, 3.8) is 0 Å². The highest BCUT2D eigenvalue weighted by Gasteiger charge is 2.40. The number of hydrogen-bond acceptors (Lipinski definition) is 2. The van der Waals surface area contributed by atoms with Crippen molar-refractivity contribution in [2.45, 2.75) is 70.5 Å². The van der Waals surface area contributed by atoms with Crippen LogP contribution in [0.1, 0.15) is 58.8 Å². The fourth-order valence-electron chi connectivity index (χ4n) is 2.73. The molecule has 1 aliphatic rings. The molecule has 0 aromatic heterocycles. The largest absolute Gasteiger partial charge is 0.393 e. The summed E-state index contributed by atoms with van der Waals surface area (Å²) in [4.78, 5) is 0. The Morgan fingerprint density at radius 3 is 2.71 bits per heavy atom. The van der Waals surface area contributed by atoms with E-state index in [4.69, 9.17) is 0 Å². The van der Waals surface area contributed by atoms with Crippen LogP contribution in [0, 0.1) is 5.92 Å². The Morgan fingerprint density at radius 2 is 2.14 bits per heavy atom. The molecule has 3 unspecified atom stereocenters. The second-order valence-electron chi connectivity index (χ2n) is 4.80. The molecule has 0 bridgehead atoms. The average molecular weight is 200 g/mol. The van der Waals surface area contributed by atoms with E-state index in [0.29, 0.717) is 0 Å². The number of unbranched alkanes of at least 4 members (excludes halogenated alkanes) is 1. The monoisotopic (exact) mass is 200 g/mol. The van der Waals surface area contributed by atoms with Gasteiger partial charge in [0.2, 0.25) is 0 Å². The Balaban J connectivity index is 2.59. The molecule has 0 spiro atoms. The first-order chi connectivity index (χ1) is 6.60. The van der Waals surface area contributed by atoms with Gasteiger partial charge in [-0.3, -0.25) is 0 Å². The summed E-state index contributed by atoms with van der Waals surface area (Å²) in [7, 11) is 0. The lowest BCUT2D eigenvalue weighted by Gasteiger charge is -2.41. The van der Waals surface area contributed by atoms with Crippen molar-refractivity contribution in [2.24, 2.45) is 5.92 Å². The molecular weight excluding hydrogens is 176 g/mol. The van der Waals surface area contributed by atoms with Gasteiger partial charge in [0.15, 0.2) is 0 Å². The van der Waals surface area contributed by atoms with Crippen molar-refractivity contribution in [2.75, 3.05) is 0 Å². The normalized spacial score (nSPS) is 35.6. The fourth-order valence-corrected chi connectivity index (χ4v) is 2.73. The Hall–Kier alpha value is -0.0800. The lowest BCUT2D eigenvalue weighted by molar-refractivity contribution is -0.0972. The SMILES string of the molecule is CCCCC1(O)CCCCC1C(C)O. The summed E-state index contributed by atoms with van der Waals surface area (Å²) in [6, 6.07) is 0. The van der Waals surface area contributed by atoms with E-state index in [-0.39, 0.29) is 12.0 Å². The van der Waals surface area contributed by atoms with E-state index in [1.54, 1.807) is 0 Å². The van der Waals surface area contributed by atoms with Gasteiger partial charge >= 0.3 is 0 Å². The van der Waals surface area contributed by atoms with Gasteiger partial charge in [0.1, 0.15) is 0 Å². The van der Waals surface area contributed by atoms with Crippen LogP contribution in [0.15, 0.2) is 0 Å². The topological polar surface area (TPSA) is 40.5 Å². The van der Waals surface area contributed by atoms with Gasteiger partial charge in [-0.2, -0.15) is 0 Å². The maximum atomic E-state index is 10.5. The molecule has 0 radical (unpaired) electrons. The summed E-state index contributed by atoms with van der Waals surface area (Å²) in [5.74, 6) is 0.0998. The quantitative estimate of drug-likeness (QED) is 0.732. The van der Waals surface area contributed by atoms with E-state index < -0.39 is 5.60 Å². The van der Waals surface area contributed by atoms with Crippen LogP contribution in [0.25, 0.3) is 0 Å². The highest BCUT2D eigenvalue weighted by Crippen LogP contribution is 2.39. The molecule has 0 aromatic carbocycles. The Bertz CT molecular complexity index is 168. The highest BCUT2D eigenvalue weighted by molar-refractivity contribution is 4.92. The summed E-state index contributed by atoms with van der Waals surface area (Å²) in [6.45, 7) is 3.95. The van der Waals surface area contributed by atoms with Gasteiger partial charge in [0.25, 0.3) is 0 Å². The summed E-state index contributed by atoms with van der Waals surface area (Å²) < 4.78 is 0. The maximum absolute atomic E-state index is 10.5. The molecule has 0 amide bonds.